The first kappa shape index (κ1) is 19.6. The zero-order valence-corrected chi connectivity index (χ0v) is 18.4. The van der Waals surface area contributed by atoms with Gasteiger partial charge in [-0.2, -0.15) is 0 Å². The van der Waals surface area contributed by atoms with Gasteiger partial charge in [0.05, 0.1) is 11.4 Å². The van der Waals surface area contributed by atoms with E-state index >= 15 is 0 Å². The second kappa shape index (κ2) is 7.09. The predicted molar refractivity (Wildman–Crippen MR) is 119 cm³/mol. The Morgan fingerprint density at radius 1 is 1.13 bits per heavy atom. The van der Waals surface area contributed by atoms with Gasteiger partial charge in [-0.05, 0) is 62.9 Å². The summed E-state index contributed by atoms with van der Waals surface area (Å²) in [6, 6.07) is 7.15. The minimum Gasteiger partial charge on any atom is -0.337 e. The Bertz CT molecular complexity index is 1060. The van der Waals surface area contributed by atoms with Gasteiger partial charge < -0.3 is 4.90 Å². The topological polar surface area (TPSA) is 45.6 Å². The van der Waals surface area contributed by atoms with Crippen molar-refractivity contribution < 1.29 is 9.59 Å². The number of benzene rings is 1. The van der Waals surface area contributed by atoms with Crippen LogP contribution in [-0.4, -0.2) is 57.9 Å². The van der Waals surface area contributed by atoms with E-state index in [0.717, 1.165) is 31.3 Å². The van der Waals surface area contributed by atoms with Crippen LogP contribution in [0.2, 0.25) is 0 Å². The van der Waals surface area contributed by atoms with Gasteiger partial charge in [0.1, 0.15) is 0 Å². The Labute approximate surface area is 178 Å². The smallest absolute Gasteiger partial charge is 0.231 e. The second-order valence-electron chi connectivity index (χ2n) is 9.38. The van der Waals surface area contributed by atoms with E-state index in [1.54, 1.807) is 0 Å². The molecule has 5 rings (SSSR count). The van der Waals surface area contributed by atoms with Crippen molar-refractivity contribution in [3.63, 3.8) is 0 Å². The van der Waals surface area contributed by atoms with Crippen LogP contribution in [0.4, 0.5) is 0 Å². The number of rotatable bonds is 2. The fourth-order valence-corrected chi connectivity index (χ4v) is 5.91. The summed E-state index contributed by atoms with van der Waals surface area (Å²) in [5, 5.41) is 1.19. The second-order valence-corrected chi connectivity index (χ2v) is 9.38. The molecule has 5 heteroatoms. The Hall–Kier alpha value is -2.40. The molecule has 1 amide bonds. The maximum Gasteiger partial charge on any atom is 0.231 e. The van der Waals surface area contributed by atoms with Crippen molar-refractivity contribution in [3.8, 4) is 0 Å². The van der Waals surface area contributed by atoms with Crippen LogP contribution in [0.25, 0.3) is 16.5 Å². The first-order valence-corrected chi connectivity index (χ1v) is 11.3. The van der Waals surface area contributed by atoms with Crippen molar-refractivity contribution >= 4 is 28.3 Å². The average molecular weight is 406 g/mol. The van der Waals surface area contributed by atoms with E-state index in [4.69, 9.17) is 0 Å². The van der Waals surface area contributed by atoms with E-state index in [1.807, 2.05) is 29.8 Å². The zero-order chi connectivity index (χ0) is 21.2. The fraction of sp³-hybridized carbons (Fsp3) is 0.520. The Morgan fingerprint density at radius 2 is 1.87 bits per heavy atom. The molecule has 2 aromatic rings. The molecule has 0 saturated carbocycles. The van der Waals surface area contributed by atoms with Crippen LogP contribution < -0.4 is 0 Å². The molecule has 4 atom stereocenters. The van der Waals surface area contributed by atoms with E-state index < -0.39 is 0 Å². The maximum atomic E-state index is 13.5. The summed E-state index contributed by atoms with van der Waals surface area (Å²) in [6.07, 6.45) is 7.84. The van der Waals surface area contributed by atoms with Crippen molar-refractivity contribution in [1.82, 2.24) is 14.4 Å². The quantitative estimate of drug-likeness (QED) is 0.760. The molecule has 5 nitrogen and oxygen atoms in total. The molecule has 1 aromatic carbocycles. The Kier molecular flexibility index (Phi) is 4.62. The number of amides is 1. The molecular weight excluding hydrogens is 374 g/mol. The van der Waals surface area contributed by atoms with Crippen molar-refractivity contribution in [1.29, 1.82) is 0 Å². The van der Waals surface area contributed by atoms with Crippen molar-refractivity contribution in [2.24, 2.45) is 5.92 Å². The largest absolute Gasteiger partial charge is 0.337 e. The third kappa shape index (κ3) is 2.78. The van der Waals surface area contributed by atoms with Crippen LogP contribution in [-0.2, 0) is 11.2 Å². The van der Waals surface area contributed by atoms with Gasteiger partial charge in [0.15, 0.2) is 0 Å². The number of likely N-dealkylation sites (tertiary alicyclic amines) is 1. The minimum absolute atomic E-state index is 0.111. The number of likely N-dealkylation sites (N-methyl/N-ethyl adjacent to an activating group) is 1. The molecule has 0 spiro atoms. The molecule has 158 valence electrons. The zero-order valence-electron chi connectivity index (χ0n) is 18.4. The minimum atomic E-state index is -0.111. The number of aromatic nitrogens is 1. The highest BCUT2D eigenvalue weighted by atomic mass is 16.2. The van der Waals surface area contributed by atoms with Crippen molar-refractivity contribution in [2.45, 2.75) is 64.6 Å². The van der Waals surface area contributed by atoms with Crippen LogP contribution in [0, 0.1) is 5.92 Å². The van der Waals surface area contributed by atoms with E-state index in [2.05, 4.69) is 42.8 Å². The molecule has 3 aliphatic rings. The molecule has 0 N–H and O–H groups in total. The van der Waals surface area contributed by atoms with E-state index in [-0.39, 0.29) is 23.8 Å². The highest BCUT2D eigenvalue weighted by Crippen LogP contribution is 2.42. The first-order valence-electron chi connectivity index (χ1n) is 11.3. The average Bonchev–Trinajstić information content (AvgIpc) is 3.28. The predicted octanol–water partition coefficient (Wildman–Crippen LogP) is 3.96. The number of carbonyl (C=O) groups excluding carboxylic acids is 2. The van der Waals surface area contributed by atoms with Gasteiger partial charge in [0, 0.05) is 42.7 Å². The van der Waals surface area contributed by atoms with Gasteiger partial charge in [-0.15, -0.1) is 0 Å². The van der Waals surface area contributed by atoms with Crippen molar-refractivity contribution in [3.05, 3.63) is 41.6 Å². The first-order chi connectivity index (χ1) is 14.4. The van der Waals surface area contributed by atoms with Gasteiger partial charge in [0.2, 0.25) is 11.8 Å². The molecule has 2 aliphatic heterocycles. The van der Waals surface area contributed by atoms with Crippen LogP contribution in [0.15, 0.2) is 30.5 Å². The standard InChI is InChI=1S/C25H31N3O2/c1-5-23(29)27-14-17-12-22-20(19-7-6-8-21(27)24(17)19)11-18(13-26(22)4)25(30)28-15(2)9-10-16(28)3/h6-8,11,14-16,18,22H,5,9-10,12-13H2,1-4H3/t15-,16-,18-,22-/m1/s1. The summed E-state index contributed by atoms with van der Waals surface area (Å²) in [7, 11) is 2.13. The molecule has 0 bridgehead atoms. The van der Waals surface area contributed by atoms with E-state index in [0.29, 0.717) is 18.5 Å². The summed E-state index contributed by atoms with van der Waals surface area (Å²) < 4.78 is 1.82. The molecule has 0 unspecified atom stereocenters. The fourth-order valence-electron chi connectivity index (χ4n) is 5.91. The van der Waals surface area contributed by atoms with Gasteiger partial charge in [-0.3, -0.25) is 19.1 Å². The lowest BCUT2D eigenvalue weighted by Crippen LogP contribution is -2.49. The molecular formula is C25H31N3O2. The normalized spacial score (nSPS) is 28.5. The summed E-state index contributed by atoms with van der Waals surface area (Å²) in [6.45, 7) is 7.00. The summed E-state index contributed by atoms with van der Waals surface area (Å²) in [4.78, 5) is 30.4. The van der Waals surface area contributed by atoms with Gasteiger partial charge in [-0.1, -0.05) is 25.1 Å². The lowest BCUT2D eigenvalue weighted by atomic mass is 9.79. The lowest BCUT2D eigenvalue weighted by molar-refractivity contribution is -0.137. The summed E-state index contributed by atoms with van der Waals surface area (Å²) >= 11 is 0. The molecule has 3 heterocycles. The number of hydrogen-bond acceptors (Lipinski definition) is 3. The Morgan fingerprint density at radius 3 is 2.57 bits per heavy atom. The van der Waals surface area contributed by atoms with Gasteiger partial charge in [0.25, 0.3) is 0 Å². The molecule has 30 heavy (non-hydrogen) atoms. The Balaban J connectivity index is 1.60. The van der Waals surface area contributed by atoms with E-state index in [1.165, 1.54) is 22.1 Å². The monoisotopic (exact) mass is 405 g/mol. The van der Waals surface area contributed by atoms with Crippen molar-refractivity contribution in [2.75, 3.05) is 13.6 Å². The SMILES string of the molecule is CCC(=O)n1cc2c3c(cccc31)C1=C[C@@H](C(=O)N3[C@H](C)CC[C@H]3C)CN(C)[C@@H]1C2. The number of carbonyl (C=O) groups is 2. The number of nitrogens with zero attached hydrogens (tertiary/aromatic N) is 3. The van der Waals surface area contributed by atoms with Gasteiger partial charge >= 0.3 is 0 Å². The number of hydrogen-bond donors (Lipinski definition) is 0. The van der Waals surface area contributed by atoms with Gasteiger partial charge in [-0.25, -0.2) is 0 Å². The third-order valence-electron chi connectivity index (χ3n) is 7.48. The van der Waals surface area contributed by atoms with Crippen LogP contribution >= 0.6 is 0 Å². The van der Waals surface area contributed by atoms with Crippen LogP contribution in [0.3, 0.4) is 0 Å². The molecule has 1 aromatic heterocycles. The molecule has 1 saturated heterocycles. The molecule has 1 fully saturated rings. The number of fused-ring (bicyclic) bond motifs is 2. The van der Waals surface area contributed by atoms with Crippen LogP contribution in [0.1, 0.15) is 56.0 Å². The highest BCUT2D eigenvalue weighted by molar-refractivity contribution is 6.03. The molecule has 0 radical (unpaired) electrons. The maximum absolute atomic E-state index is 13.5. The van der Waals surface area contributed by atoms with Crippen LogP contribution in [0.5, 0.6) is 0 Å². The molecule has 1 aliphatic carbocycles. The summed E-state index contributed by atoms with van der Waals surface area (Å²) in [5.41, 5.74) is 4.67. The third-order valence-corrected chi connectivity index (χ3v) is 7.48. The van der Waals surface area contributed by atoms with E-state index in [9.17, 15) is 9.59 Å². The summed E-state index contributed by atoms with van der Waals surface area (Å²) in [5.74, 6) is 0.281. The lowest BCUT2D eigenvalue weighted by Gasteiger charge is -2.41. The highest BCUT2D eigenvalue weighted by Gasteiger charge is 2.40.